The predicted octanol–water partition coefficient (Wildman–Crippen LogP) is 1.96. The third-order valence-electron chi connectivity index (χ3n) is 7.45. The molecular formula is C29H38ClN5O7. The van der Waals surface area contributed by atoms with E-state index < -0.39 is 12.3 Å². The number of nitrogens with zero attached hydrogens (tertiary/aromatic N) is 2. The van der Waals surface area contributed by atoms with Gasteiger partial charge in [-0.3, -0.25) is 19.4 Å². The number of ether oxygens (including phenoxy) is 3. The molecule has 13 heteroatoms. The fourth-order valence-electron chi connectivity index (χ4n) is 5.20. The van der Waals surface area contributed by atoms with Crippen LogP contribution in [0.25, 0.3) is 0 Å². The Balaban J connectivity index is 1.24. The second-order valence-electron chi connectivity index (χ2n) is 10.4. The van der Waals surface area contributed by atoms with E-state index >= 15 is 0 Å². The van der Waals surface area contributed by atoms with Crippen molar-refractivity contribution in [1.29, 1.82) is 0 Å². The molecule has 2 aliphatic rings. The molecule has 3 atom stereocenters. The molecular weight excluding hydrogens is 566 g/mol. The van der Waals surface area contributed by atoms with Crippen molar-refractivity contribution < 1.29 is 33.7 Å². The van der Waals surface area contributed by atoms with Crippen LogP contribution in [0.3, 0.4) is 0 Å². The number of aliphatic hydroxyl groups excluding tert-OH is 1. The van der Waals surface area contributed by atoms with Crippen molar-refractivity contribution in [3.8, 4) is 5.75 Å². The molecule has 0 radical (unpaired) electrons. The Morgan fingerprint density at radius 3 is 2.48 bits per heavy atom. The average Bonchev–Trinajstić information content (AvgIpc) is 3.48. The number of hydrogen-bond donors (Lipinski definition) is 4. The summed E-state index contributed by atoms with van der Waals surface area (Å²) in [6, 6.07) is 8.99. The minimum atomic E-state index is -1.19. The number of halogens is 1. The number of carbonyl (C=O) groups excluding carboxylic acids is 3. The number of methoxy groups -OCH3 is 2. The van der Waals surface area contributed by atoms with Crippen LogP contribution >= 0.6 is 11.6 Å². The maximum Gasteiger partial charge on any atom is 0.340 e. The van der Waals surface area contributed by atoms with Gasteiger partial charge >= 0.3 is 5.97 Å². The Bertz CT molecular complexity index is 1260. The van der Waals surface area contributed by atoms with Crippen molar-refractivity contribution in [1.82, 2.24) is 15.1 Å². The van der Waals surface area contributed by atoms with E-state index in [1.165, 1.54) is 19.2 Å². The Kier molecular flexibility index (Phi) is 11.0. The molecule has 228 valence electrons. The van der Waals surface area contributed by atoms with Crippen LogP contribution in [0.2, 0.25) is 5.02 Å². The summed E-state index contributed by atoms with van der Waals surface area (Å²) in [5.74, 6) is -0.902. The van der Waals surface area contributed by atoms with Crippen LogP contribution in [0.1, 0.15) is 40.0 Å². The Labute approximate surface area is 250 Å². The van der Waals surface area contributed by atoms with E-state index in [4.69, 9.17) is 31.5 Å². The highest BCUT2D eigenvalue weighted by Gasteiger charge is 2.32. The van der Waals surface area contributed by atoms with Crippen LogP contribution in [-0.4, -0.2) is 105 Å². The standard InChI is InChI=1S/C29H38ClN5O7/c1-40-24-14-22(31)21(30)13-20(24)28(38)33-23-9-12-35(15-25(23)41-2)16-26(36)32-19-7-5-18(6-8-19)29(39)42-27(37)17-34-10-3-4-11-34/h5-8,13-14,23,25,27,37H,3-4,9-12,15-17,31H2,1-2H3,(H,32,36)(H,33,38)/t23-,25+,27?/m1/s1. The number of nitrogens with two attached hydrogens (primary N) is 1. The van der Waals surface area contributed by atoms with Gasteiger partial charge in [0.2, 0.25) is 12.2 Å². The van der Waals surface area contributed by atoms with Gasteiger partial charge in [-0.15, -0.1) is 0 Å². The fourth-order valence-corrected chi connectivity index (χ4v) is 5.36. The molecule has 0 aliphatic carbocycles. The van der Waals surface area contributed by atoms with Gasteiger partial charge in [-0.05, 0) is 62.7 Å². The number of hydrogen-bond acceptors (Lipinski definition) is 10. The molecule has 2 aromatic carbocycles. The van der Waals surface area contributed by atoms with Crippen molar-refractivity contribution in [3.63, 3.8) is 0 Å². The molecule has 0 spiro atoms. The first kappa shape index (κ1) is 31.5. The highest BCUT2D eigenvalue weighted by molar-refractivity contribution is 6.33. The largest absolute Gasteiger partial charge is 0.496 e. The summed E-state index contributed by atoms with van der Waals surface area (Å²) in [7, 11) is 3.01. The SMILES string of the molecule is COc1cc(N)c(Cl)cc1C(=O)N[C@@H]1CCN(CC(=O)Nc2ccc(C(=O)OC(O)CN3CCCC3)cc2)C[C@@H]1OC. The number of piperidine rings is 1. The fraction of sp³-hybridized carbons (Fsp3) is 0.483. The quantitative estimate of drug-likeness (QED) is 0.170. The summed E-state index contributed by atoms with van der Waals surface area (Å²) in [6.45, 7) is 3.18. The van der Waals surface area contributed by atoms with Crippen molar-refractivity contribution in [2.75, 3.05) is 64.5 Å². The molecule has 1 unspecified atom stereocenters. The van der Waals surface area contributed by atoms with E-state index in [2.05, 4.69) is 15.5 Å². The van der Waals surface area contributed by atoms with Gasteiger partial charge < -0.3 is 35.7 Å². The number of β-amino-alcohol motifs (C(OH)–C–C–N with tert-alkyl or cyclic N) is 1. The molecule has 0 bridgehead atoms. The van der Waals surface area contributed by atoms with Crippen molar-refractivity contribution >= 4 is 40.8 Å². The summed E-state index contributed by atoms with van der Waals surface area (Å²) < 4.78 is 16.1. The van der Waals surface area contributed by atoms with Gasteiger partial charge in [0.15, 0.2) is 0 Å². The molecule has 0 saturated carbocycles. The van der Waals surface area contributed by atoms with Crippen molar-refractivity contribution in [2.24, 2.45) is 0 Å². The van der Waals surface area contributed by atoms with Crippen LogP contribution in [0.4, 0.5) is 11.4 Å². The number of likely N-dealkylation sites (tertiary alicyclic amines) is 2. The van der Waals surface area contributed by atoms with E-state index in [9.17, 15) is 19.5 Å². The van der Waals surface area contributed by atoms with Crippen LogP contribution < -0.4 is 21.1 Å². The maximum atomic E-state index is 13.0. The first-order valence-corrected chi connectivity index (χ1v) is 14.2. The number of carbonyl (C=O) groups is 3. The third kappa shape index (κ3) is 8.33. The smallest absolute Gasteiger partial charge is 0.340 e. The second-order valence-corrected chi connectivity index (χ2v) is 10.9. The van der Waals surface area contributed by atoms with Gasteiger partial charge in [0.25, 0.3) is 5.91 Å². The minimum Gasteiger partial charge on any atom is -0.496 e. The lowest BCUT2D eigenvalue weighted by Crippen LogP contribution is -2.55. The number of benzene rings is 2. The lowest BCUT2D eigenvalue weighted by atomic mass is 10.0. The van der Waals surface area contributed by atoms with Crippen LogP contribution in [0.5, 0.6) is 5.75 Å². The van der Waals surface area contributed by atoms with Gasteiger partial charge in [0, 0.05) is 32.0 Å². The summed E-state index contributed by atoms with van der Waals surface area (Å²) in [5.41, 5.74) is 7.21. The molecule has 12 nitrogen and oxygen atoms in total. The highest BCUT2D eigenvalue weighted by Crippen LogP contribution is 2.29. The zero-order valence-electron chi connectivity index (χ0n) is 23.8. The summed E-state index contributed by atoms with van der Waals surface area (Å²) >= 11 is 6.12. The number of aliphatic hydroxyl groups is 1. The number of esters is 1. The van der Waals surface area contributed by atoms with E-state index in [0.717, 1.165) is 25.9 Å². The van der Waals surface area contributed by atoms with E-state index in [1.54, 1.807) is 31.4 Å². The lowest BCUT2D eigenvalue weighted by molar-refractivity contribution is -0.118. The molecule has 0 aromatic heterocycles. The number of anilines is 2. The average molecular weight is 604 g/mol. The summed E-state index contributed by atoms with van der Waals surface area (Å²) in [6.07, 6.45) is 1.17. The minimum absolute atomic E-state index is 0.119. The molecule has 2 saturated heterocycles. The van der Waals surface area contributed by atoms with Gasteiger partial charge in [-0.2, -0.15) is 0 Å². The Morgan fingerprint density at radius 2 is 1.81 bits per heavy atom. The molecule has 2 heterocycles. The number of nitrogens with one attached hydrogen (secondary N) is 2. The number of rotatable bonds is 11. The van der Waals surface area contributed by atoms with Crippen molar-refractivity contribution in [2.45, 2.75) is 37.7 Å². The first-order valence-electron chi connectivity index (χ1n) is 13.9. The maximum absolute atomic E-state index is 13.0. The zero-order valence-corrected chi connectivity index (χ0v) is 24.6. The van der Waals surface area contributed by atoms with Gasteiger partial charge in [0.05, 0.1) is 54.2 Å². The Hall–Kier alpha value is -3.42. The summed E-state index contributed by atoms with van der Waals surface area (Å²) in [4.78, 5) is 42.1. The van der Waals surface area contributed by atoms with Crippen LogP contribution in [0, 0.1) is 0 Å². The zero-order chi connectivity index (χ0) is 30.2. The van der Waals surface area contributed by atoms with E-state index in [0.29, 0.717) is 43.2 Å². The van der Waals surface area contributed by atoms with Gasteiger partial charge in [-0.25, -0.2) is 4.79 Å². The van der Waals surface area contributed by atoms with Gasteiger partial charge in [0.1, 0.15) is 5.75 Å². The van der Waals surface area contributed by atoms with E-state index in [1.807, 2.05) is 4.90 Å². The Morgan fingerprint density at radius 1 is 1.10 bits per heavy atom. The van der Waals surface area contributed by atoms with Crippen LogP contribution in [-0.2, 0) is 14.3 Å². The lowest BCUT2D eigenvalue weighted by Gasteiger charge is -2.37. The topological polar surface area (TPSA) is 156 Å². The molecule has 4 rings (SSSR count). The molecule has 2 aliphatic heterocycles. The highest BCUT2D eigenvalue weighted by atomic mass is 35.5. The second kappa shape index (κ2) is 14.7. The summed E-state index contributed by atoms with van der Waals surface area (Å²) in [5, 5.41) is 16.1. The normalized spacial score (nSPS) is 20.1. The van der Waals surface area contributed by atoms with E-state index in [-0.39, 0.29) is 46.7 Å². The first-order chi connectivity index (χ1) is 20.2. The number of nitrogen functional groups attached to an aromatic ring is 1. The third-order valence-corrected chi connectivity index (χ3v) is 7.78. The predicted molar refractivity (Wildman–Crippen MR) is 158 cm³/mol. The van der Waals surface area contributed by atoms with Crippen LogP contribution in [0.15, 0.2) is 36.4 Å². The molecule has 42 heavy (non-hydrogen) atoms. The molecule has 2 aromatic rings. The molecule has 2 fully saturated rings. The number of amides is 2. The monoisotopic (exact) mass is 603 g/mol. The molecule has 2 amide bonds. The van der Waals surface area contributed by atoms with Gasteiger partial charge in [-0.1, -0.05) is 11.6 Å². The molecule has 5 N–H and O–H groups in total. The van der Waals surface area contributed by atoms with Crippen molar-refractivity contribution in [3.05, 3.63) is 52.5 Å².